The third kappa shape index (κ3) is 3.15. The fraction of sp³-hybridized carbons (Fsp3) is 0.0909. The van der Waals surface area contributed by atoms with E-state index in [1.54, 1.807) is 36.4 Å². The van der Waals surface area contributed by atoms with Gasteiger partial charge in [0.25, 0.3) is 0 Å². The molecule has 27 heavy (non-hydrogen) atoms. The van der Waals surface area contributed by atoms with Gasteiger partial charge in [0.15, 0.2) is 0 Å². The van der Waals surface area contributed by atoms with Crippen LogP contribution in [-0.2, 0) is 9.53 Å². The van der Waals surface area contributed by atoms with Crippen molar-refractivity contribution in [2.75, 3.05) is 7.11 Å². The van der Waals surface area contributed by atoms with Crippen LogP contribution in [-0.4, -0.2) is 13.1 Å². The summed E-state index contributed by atoms with van der Waals surface area (Å²) in [5.74, 6) is -0.110. The normalized spacial score (nSPS) is 12.0. The number of hydrogen-bond acceptors (Lipinski definition) is 5. The van der Waals surface area contributed by atoms with Gasteiger partial charge in [-0.05, 0) is 23.6 Å². The molecule has 0 aliphatic rings. The van der Waals surface area contributed by atoms with Gasteiger partial charge in [0.1, 0.15) is 11.3 Å². The van der Waals surface area contributed by atoms with Crippen LogP contribution in [0.1, 0.15) is 11.7 Å². The number of carbonyl (C=O) groups excluding carboxylic acids is 1. The van der Waals surface area contributed by atoms with Crippen LogP contribution >= 0.6 is 0 Å². The minimum absolute atomic E-state index is 0.396. The van der Waals surface area contributed by atoms with E-state index in [9.17, 15) is 9.59 Å². The summed E-state index contributed by atoms with van der Waals surface area (Å²) in [4.78, 5) is 24.4. The summed E-state index contributed by atoms with van der Waals surface area (Å²) < 4.78 is 16.2. The lowest BCUT2D eigenvalue weighted by Gasteiger charge is -2.17. The molecule has 0 aliphatic heterocycles. The molecule has 0 saturated heterocycles. The molecule has 0 saturated carbocycles. The Kier molecular flexibility index (Phi) is 4.34. The van der Waals surface area contributed by atoms with E-state index in [2.05, 4.69) is 0 Å². The first-order valence-corrected chi connectivity index (χ1v) is 8.42. The van der Waals surface area contributed by atoms with Gasteiger partial charge in [-0.15, -0.1) is 0 Å². The summed E-state index contributed by atoms with van der Waals surface area (Å²) in [5, 5.41) is 2.13. The SMILES string of the molecule is COC(=O)[C@H](Oc1ccc2c(c1)oc(=O)c1ccccc12)c1ccccc1. The molecule has 4 aromatic rings. The van der Waals surface area contributed by atoms with E-state index in [1.807, 2.05) is 36.4 Å². The Hall–Kier alpha value is -3.60. The quantitative estimate of drug-likeness (QED) is 0.309. The van der Waals surface area contributed by atoms with Crippen LogP contribution in [0.5, 0.6) is 5.75 Å². The smallest absolute Gasteiger partial charge is 0.351 e. The zero-order valence-electron chi connectivity index (χ0n) is 14.5. The summed E-state index contributed by atoms with van der Waals surface area (Å²) in [5.41, 5.74) is 0.653. The Bertz CT molecular complexity index is 1180. The second-order valence-corrected chi connectivity index (χ2v) is 6.02. The molecule has 3 aromatic carbocycles. The Morgan fingerprint density at radius 2 is 1.59 bits per heavy atom. The number of fused-ring (bicyclic) bond motifs is 3. The largest absolute Gasteiger partial charge is 0.474 e. The van der Waals surface area contributed by atoms with Crippen molar-refractivity contribution in [1.82, 2.24) is 0 Å². The maximum Gasteiger partial charge on any atom is 0.351 e. The zero-order valence-corrected chi connectivity index (χ0v) is 14.5. The molecule has 5 nitrogen and oxygen atoms in total. The van der Waals surface area contributed by atoms with Gasteiger partial charge >= 0.3 is 11.6 Å². The van der Waals surface area contributed by atoms with E-state index >= 15 is 0 Å². The minimum atomic E-state index is -0.916. The van der Waals surface area contributed by atoms with Gasteiger partial charge in [-0.1, -0.05) is 48.5 Å². The summed E-state index contributed by atoms with van der Waals surface area (Å²) >= 11 is 0. The number of methoxy groups -OCH3 is 1. The lowest BCUT2D eigenvalue weighted by Crippen LogP contribution is -2.20. The summed E-state index contributed by atoms with van der Waals surface area (Å²) in [6, 6.07) is 21.5. The van der Waals surface area contributed by atoms with Gasteiger partial charge in [0.05, 0.1) is 12.5 Å². The summed E-state index contributed by atoms with van der Waals surface area (Å²) in [6.45, 7) is 0. The topological polar surface area (TPSA) is 65.7 Å². The van der Waals surface area contributed by atoms with Crippen LogP contribution in [0.2, 0.25) is 0 Å². The molecule has 1 atom stereocenters. The molecule has 0 N–H and O–H groups in total. The molecule has 1 aromatic heterocycles. The molecule has 1 heterocycles. The van der Waals surface area contributed by atoms with Gasteiger partial charge in [-0.2, -0.15) is 0 Å². The average Bonchev–Trinajstić information content (AvgIpc) is 2.72. The Labute approximate surface area is 154 Å². The van der Waals surface area contributed by atoms with Crippen molar-refractivity contribution in [3.8, 4) is 5.75 Å². The minimum Gasteiger partial charge on any atom is -0.474 e. The van der Waals surface area contributed by atoms with E-state index in [1.165, 1.54) is 7.11 Å². The molecule has 0 radical (unpaired) electrons. The number of ether oxygens (including phenoxy) is 2. The lowest BCUT2D eigenvalue weighted by molar-refractivity contribution is -0.149. The molecule has 0 aliphatic carbocycles. The van der Waals surface area contributed by atoms with E-state index in [0.29, 0.717) is 22.3 Å². The van der Waals surface area contributed by atoms with E-state index in [4.69, 9.17) is 13.9 Å². The summed E-state index contributed by atoms with van der Waals surface area (Å²) in [6.07, 6.45) is -0.916. The molecule has 4 rings (SSSR count). The fourth-order valence-corrected chi connectivity index (χ4v) is 3.06. The highest BCUT2D eigenvalue weighted by molar-refractivity contribution is 6.04. The zero-order chi connectivity index (χ0) is 18.8. The van der Waals surface area contributed by atoms with Crippen LogP contribution < -0.4 is 10.4 Å². The van der Waals surface area contributed by atoms with Crippen LogP contribution in [0, 0.1) is 0 Å². The molecule has 0 unspecified atom stereocenters. The second-order valence-electron chi connectivity index (χ2n) is 6.02. The number of esters is 1. The van der Waals surface area contributed by atoms with Gasteiger partial charge in [-0.25, -0.2) is 9.59 Å². The third-order valence-corrected chi connectivity index (χ3v) is 4.36. The predicted molar refractivity (Wildman–Crippen MR) is 102 cm³/mol. The molecule has 0 fully saturated rings. The average molecular weight is 360 g/mol. The van der Waals surface area contributed by atoms with Crippen molar-refractivity contribution in [3.05, 3.63) is 88.8 Å². The number of rotatable bonds is 4. The highest BCUT2D eigenvalue weighted by Crippen LogP contribution is 2.29. The second kappa shape index (κ2) is 6.96. The lowest BCUT2D eigenvalue weighted by atomic mass is 10.1. The molecular formula is C22H16O5. The van der Waals surface area contributed by atoms with Gasteiger partial charge in [-0.3, -0.25) is 0 Å². The van der Waals surface area contributed by atoms with E-state index < -0.39 is 17.7 Å². The fourth-order valence-electron chi connectivity index (χ4n) is 3.06. The van der Waals surface area contributed by atoms with Crippen molar-refractivity contribution in [3.63, 3.8) is 0 Å². The Morgan fingerprint density at radius 1 is 0.889 bits per heavy atom. The molecular weight excluding hydrogens is 344 g/mol. The van der Waals surface area contributed by atoms with Crippen molar-refractivity contribution in [1.29, 1.82) is 0 Å². The van der Waals surface area contributed by atoms with Crippen LogP contribution in [0.3, 0.4) is 0 Å². The van der Waals surface area contributed by atoms with E-state index in [0.717, 1.165) is 10.8 Å². The van der Waals surface area contributed by atoms with Crippen molar-refractivity contribution >= 4 is 27.7 Å². The first-order chi connectivity index (χ1) is 13.2. The maximum absolute atomic E-state index is 12.2. The first-order valence-electron chi connectivity index (χ1n) is 8.42. The predicted octanol–water partition coefficient (Wildman–Crippen LogP) is 4.24. The molecule has 0 bridgehead atoms. The monoisotopic (exact) mass is 360 g/mol. The van der Waals surface area contributed by atoms with Crippen LogP contribution in [0.15, 0.2) is 82.0 Å². The number of hydrogen-bond donors (Lipinski definition) is 0. The molecule has 5 heteroatoms. The van der Waals surface area contributed by atoms with Gasteiger partial charge in [0, 0.05) is 17.0 Å². The van der Waals surface area contributed by atoms with Crippen LogP contribution in [0.25, 0.3) is 21.7 Å². The van der Waals surface area contributed by atoms with E-state index in [-0.39, 0.29) is 0 Å². The van der Waals surface area contributed by atoms with Crippen molar-refractivity contribution in [2.45, 2.75) is 6.10 Å². The highest BCUT2D eigenvalue weighted by Gasteiger charge is 2.23. The molecule has 134 valence electrons. The summed E-state index contributed by atoms with van der Waals surface area (Å²) in [7, 11) is 1.31. The Balaban J connectivity index is 1.78. The number of carbonyl (C=O) groups is 1. The maximum atomic E-state index is 12.2. The van der Waals surface area contributed by atoms with Crippen molar-refractivity contribution in [2.24, 2.45) is 0 Å². The number of benzene rings is 3. The standard InChI is InChI=1S/C22H16O5/c1-25-22(24)20(14-7-3-2-4-8-14)26-15-11-12-17-16-9-5-6-10-18(16)21(23)27-19(17)13-15/h2-13,20H,1H3/t20-/m1/s1. The highest BCUT2D eigenvalue weighted by atomic mass is 16.6. The molecule has 0 spiro atoms. The third-order valence-electron chi connectivity index (χ3n) is 4.36. The van der Waals surface area contributed by atoms with Gasteiger partial charge in [0.2, 0.25) is 6.10 Å². The van der Waals surface area contributed by atoms with Crippen LogP contribution in [0.4, 0.5) is 0 Å². The first kappa shape index (κ1) is 16.8. The van der Waals surface area contributed by atoms with Gasteiger partial charge < -0.3 is 13.9 Å². The Morgan fingerprint density at radius 3 is 2.33 bits per heavy atom. The molecule has 0 amide bonds. The van der Waals surface area contributed by atoms with Crippen molar-refractivity contribution < 1.29 is 18.7 Å².